The van der Waals surface area contributed by atoms with Crippen LogP contribution < -0.4 is 15.8 Å². The molecule has 124 valence electrons. The molecule has 0 aromatic heterocycles. The van der Waals surface area contributed by atoms with Crippen molar-refractivity contribution in [2.75, 3.05) is 11.9 Å². The van der Waals surface area contributed by atoms with Crippen molar-refractivity contribution < 1.29 is 19.2 Å². The number of nitrogens with zero attached hydrogens (tertiary/aromatic N) is 1. The molecule has 0 atom stereocenters. The topological polar surface area (TPSA) is 125 Å². The molecule has 8 nitrogen and oxygen atoms in total. The Bertz CT molecular complexity index is 787. The van der Waals surface area contributed by atoms with Gasteiger partial charge in [-0.05, 0) is 43.3 Å². The Balaban J connectivity index is 2.05. The lowest BCUT2D eigenvalue weighted by atomic mass is 10.1. The Kier molecular flexibility index (Phi) is 5.10. The molecule has 0 bridgehead atoms. The molecule has 2 amide bonds. The Labute approximate surface area is 137 Å². The maximum atomic E-state index is 12.2. The lowest BCUT2D eigenvalue weighted by Gasteiger charge is -2.08. The quantitative estimate of drug-likeness (QED) is 0.619. The molecule has 0 heterocycles. The average Bonchev–Trinajstić information content (AvgIpc) is 2.53. The second kappa shape index (κ2) is 7.23. The zero-order valence-corrected chi connectivity index (χ0v) is 12.8. The summed E-state index contributed by atoms with van der Waals surface area (Å²) in [4.78, 5) is 33.1. The number of nitrogens with one attached hydrogen (secondary N) is 1. The molecule has 0 aliphatic heterocycles. The Morgan fingerprint density at radius 1 is 1.21 bits per heavy atom. The number of hydrogen-bond donors (Lipinski definition) is 2. The highest BCUT2D eigenvalue weighted by atomic mass is 16.6. The molecule has 0 fully saturated rings. The monoisotopic (exact) mass is 329 g/mol. The zero-order chi connectivity index (χ0) is 17.7. The summed E-state index contributed by atoms with van der Waals surface area (Å²) in [6.07, 6.45) is 0. The third kappa shape index (κ3) is 4.29. The number of primary amides is 1. The van der Waals surface area contributed by atoms with Crippen LogP contribution in [0.4, 0.5) is 11.4 Å². The van der Waals surface area contributed by atoms with Crippen molar-refractivity contribution in [3.05, 3.63) is 63.7 Å². The lowest BCUT2D eigenvalue weighted by Crippen LogP contribution is -2.20. The van der Waals surface area contributed by atoms with Crippen molar-refractivity contribution in [2.24, 2.45) is 5.73 Å². The van der Waals surface area contributed by atoms with Gasteiger partial charge in [0.2, 0.25) is 0 Å². The fourth-order valence-electron chi connectivity index (χ4n) is 1.99. The van der Waals surface area contributed by atoms with Crippen LogP contribution in [-0.4, -0.2) is 23.3 Å². The van der Waals surface area contributed by atoms with Gasteiger partial charge in [0, 0.05) is 22.9 Å². The van der Waals surface area contributed by atoms with Gasteiger partial charge < -0.3 is 15.8 Å². The molecule has 0 unspecified atom stereocenters. The van der Waals surface area contributed by atoms with Crippen LogP contribution in [0.5, 0.6) is 5.75 Å². The fraction of sp³-hybridized carbons (Fsp3) is 0.125. The predicted molar refractivity (Wildman–Crippen MR) is 86.9 cm³/mol. The van der Waals surface area contributed by atoms with E-state index in [4.69, 9.17) is 10.5 Å². The number of anilines is 1. The van der Waals surface area contributed by atoms with Gasteiger partial charge in [-0.15, -0.1) is 0 Å². The molecule has 24 heavy (non-hydrogen) atoms. The fourth-order valence-corrected chi connectivity index (χ4v) is 1.99. The Morgan fingerprint density at radius 2 is 1.88 bits per heavy atom. The number of hydrogen-bond acceptors (Lipinski definition) is 5. The van der Waals surface area contributed by atoms with Gasteiger partial charge in [0.05, 0.1) is 4.92 Å². The summed E-state index contributed by atoms with van der Waals surface area (Å²) < 4.78 is 5.11. The number of carbonyl (C=O) groups is 2. The van der Waals surface area contributed by atoms with Crippen molar-refractivity contribution in [1.82, 2.24) is 0 Å². The van der Waals surface area contributed by atoms with Crippen LogP contribution in [0.15, 0.2) is 42.5 Å². The van der Waals surface area contributed by atoms with Crippen LogP contribution in [0.3, 0.4) is 0 Å². The zero-order valence-electron chi connectivity index (χ0n) is 12.8. The maximum Gasteiger partial charge on any atom is 0.272 e. The van der Waals surface area contributed by atoms with Crippen LogP contribution in [0.1, 0.15) is 15.9 Å². The second-order valence-electron chi connectivity index (χ2n) is 4.99. The van der Waals surface area contributed by atoms with Crippen molar-refractivity contribution >= 4 is 23.2 Å². The number of amides is 2. The van der Waals surface area contributed by atoms with E-state index in [9.17, 15) is 19.7 Å². The van der Waals surface area contributed by atoms with E-state index >= 15 is 0 Å². The first-order valence-electron chi connectivity index (χ1n) is 6.94. The first-order chi connectivity index (χ1) is 11.4. The van der Waals surface area contributed by atoms with Gasteiger partial charge in [-0.2, -0.15) is 0 Å². The van der Waals surface area contributed by atoms with Crippen LogP contribution in [0.2, 0.25) is 0 Å². The first-order valence-corrected chi connectivity index (χ1v) is 6.94. The van der Waals surface area contributed by atoms with Crippen LogP contribution >= 0.6 is 0 Å². The molecule has 0 saturated heterocycles. The molecule has 2 aromatic rings. The Hall–Kier alpha value is -3.42. The molecular formula is C16H15N3O5. The van der Waals surface area contributed by atoms with Crippen molar-refractivity contribution in [3.63, 3.8) is 0 Å². The average molecular weight is 329 g/mol. The number of nitro benzene ring substituents is 1. The summed E-state index contributed by atoms with van der Waals surface area (Å²) in [7, 11) is 0. The van der Waals surface area contributed by atoms with E-state index in [0.717, 1.165) is 0 Å². The van der Waals surface area contributed by atoms with Crippen molar-refractivity contribution in [3.8, 4) is 5.75 Å². The molecule has 8 heteroatoms. The van der Waals surface area contributed by atoms with Crippen molar-refractivity contribution in [2.45, 2.75) is 6.92 Å². The van der Waals surface area contributed by atoms with E-state index in [0.29, 0.717) is 22.6 Å². The summed E-state index contributed by atoms with van der Waals surface area (Å²) in [6.45, 7) is 1.34. The number of aryl methyl sites for hydroxylation is 1. The first kappa shape index (κ1) is 16.9. The van der Waals surface area contributed by atoms with Gasteiger partial charge in [-0.1, -0.05) is 0 Å². The van der Waals surface area contributed by atoms with Gasteiger partial charge in [-0.3, -0.25) is 19.7 Å². The molecule has 0 aliphatic rings. The standard InChI is InChI=1S/C16H15N3O5/c1-10-8-11(2-7-14(10)19(22)23)16(21)18-12-3-5-13(6-4-12)24-9-15(17)20/h2-8H,9H2,1H3,(H2,17,20)(H,18,21). The summed E-state index contributed by atoms with van der Waals surface area (Å²) in [5, 5.41) is 13.5. The van der Waals surface area contributed by atoms with Crippen LogP contribution in [0.25, 0.3) is 0 Å². The third-order valence-corrected chi connectivity index (χ3v) is 3.15. The number of ether oxygens (including phenoxy) is 1. The largest absolute Gasteiger partial charge is 0.484 e. The normalized spacial score (nSPS) is 10.0. The highest BCUT2D eigenvalue weighted by Gasteiger charge is 2.14. The minimum absolute atomic E-state index is 0.0393. The number of benzene rings is 2. The van der Waals surface area contributed by atoms with Crippen LogP contribution in [-0.2, 0) is 4.79 Å². The predicted octanol–water partition coefficient (Wildman–Crippen LogP) is 2.02. The van der Waals surface area contributed by atoms with E-state index in [-0.39, 0.29) is 18.2 Å². The number of nitrogens with two attached hydrogens (primary N) is 1. The molecule has 0 radical (unpaired) electrons. The van der Waals surface area contributed by atoms with E-state index in [1.807, 2.05) is 0 Å². The molecular weight excluding hydrogens is 314 g/mol. The third-order valence-electron chi connectivity index (χ3n) is 3.15. The molecule has 0 aliphatic carbocycles. The van der Waals surface area contributed by atoms with Gasteiger partial charge in [0.15, 0.2) is 6.61 Å². The van der Waals surface area contributed by atoms with Crippen LogP contribution in [0, 0.1) is 17.0 Å². The summed E-state index contributed by atoms with van der Waals surface area (Å²) in [5.74, 6) is -0.530. The van der Waals surface area contributed by atoms with E-state index in [2.05, 4.69) is 5.32 Å². The van der Waals surface area contributed by atoms with Gasteiger partial charge >= 0.3 is 0 Å². The minimum Gasteiger partial charge on any atom is -0.484 e. The second-order valence-corrected chi connectivity index (χ2v) is 4.99. The molecule has 0 spiro atoms. The van der Waals surface area contributed by atoms with Gasteiger partial charge in [0.1, 0.15) is 5.75 Å². The van der Waals surface area contributed by atoms with Gasteiger partial charge in [0.25, 0.3) is 17.5 Å². The summed E-state index contributed by atoms with van der Waals surface area (Å²) in [6, 6.07) is 10.5. The summed E-state index contributed by atoms with van der Waals surface area (Å²) >= 11 is 0. The molecule has 0 saturated carbocycles. The smallest absolute Gasteiger partial charge is 0.272 e. The SMILES string of the molecule is Cc1cc(C(=O)Nc2ccc(OCC(N)=O)cc2)ccc1[N+](=O)[O-]. The molecule has 3 N–H and O–H groups in total. The van der Waals surface area contributed by atoms with E-state index in [1.54, 1.807) is 31.2 Å². The summed E-state index contributed by atoms with van der Waals surface area (Å²) in [5.41, 5.74) is 6.17. The minimum atomic E-state index is -0.582. The molecule has 2 aromatic carbocycles. The number of nitro groups is 1. The van der Waals surface area contributed by atoms with E-state index < -0.39 is 10.8 Å². The maximum absolute atomic E-state index is 12.2. The Morgan fingerprint density at radius 3 is 2.42 bits per heavy atom. The number of rotatable bonds is 6. The number of carbonyl (C=O) groups excluding carboxylic acids is 2. The van der Waals surface area contributed by atoms with Crippen molar-refractivity contribution in [1.29, 1.82) is 0 Å². The molecule has 2 rings (SSSR count). The highest BCUT2D eigenvalue weighted by molar-refractivity contribution is 6.04. The van der Waals surface area contributed by atoms with Gasteiger partial charge in [-0.25, -0.2) is 0 Å². The highest BCUT2D eigenvalue weighted by Crippen LogP contribution is 2.20. The van der Waals surface area contributed by atoms with E-state index in [1.165, 1.54) is 18.2 Å². The lowest BCUT2D eigenvalue weighted by molar-refractivity contribution is -0.385.